The maximum atomic E-state index is 4.49. The van der Waals surface area contributed by atoms with Crippen LogP contribution in [-0.4, -0.2) is 28.1 Å². The quantitative estimate of drug-likeness (QED) is 0.798. The highest BCUT2D eigenvalue weighted by molar-refractivity contribution is 7.99. The second kappa shape index (κ2) is 6.07. The van der Waals surface area contributed by atoms with Crippen LogP contribution in [0.2, 0.25) is 0 Å². The highest BCUT2D eigenvalue weighted by atomic mass is 32.2. The van der Waals surface area contributed by atoms with Crippen molar-refractivity contribution in [2.45, 2.75) is 20.0 Å². The van der Waals surface area contributed by atoms with Gasteiger partial charge in [0.05, 0.1) is 0 Å². The van der Waals surface area contributed by atoms with E-state index in [0.717, 1.165) is 24.5 Å². The van der Waals surface area contributed by atoms with Crippen LogP contribution < -0.4 is 5.32 Å². The van der Waals surface area contributed by atoms with E-state index in [0.29, 0.717) is 0 Å². The van der Waals surface area contributed by atoms with Gasteiger partial charge >= 0.3 is 0 Å². The Morgan fingerprint density at radius 3 is 3.12 bits per heavy atom. The SMILES string of the molecule is CCSCCn1cc(CNC)c2cccnc21. The summed E-state index contributed by atoms with van der Waals surface area (Å²) in [6, 6.07) is 4.16. The van der Waals surface area contributed by atoms with Crippen LogP contribution in [0.4, 0.5) is 0 Å². The van der Waals surface area contributed by atoms with Gasteiger partial charge in [-0.3, -0.25) is 0 Å². The second-order valence-corrected chi connectivity index (χ2v) is 5.34. The molecule has 2 heterocycles. The van der Waals surface area contributed by atoms with Crippen LogP contribution in [0.5, 0.6) is 0 Å². The molecule has 0 aromatic carbocycles. The zero-order chi connectivity index (χ0) is 12.1. The Morgan fingerprint density at radius 2 is 2.35 bits per heavy atom. The summed E-state index contributed by atoms with van der Waals surface area (Å²) in [7, 11) is 1.98. The zero-order valence-corrected chi connectivity index (χ0v) is 11.3. The molecule has 0 amide bonds. The number of aryl methyl sites for hydroxylation is 1. The predicted octanol–water partition coefficient (Wildman–Crippen LogP) is 2.51. The van der Waals surface area contributed by atoms with Crippen LogP contribution >= 0.6 is 11.8 Å². The van der Waals surface area contributed by atoms with E-state index in [9.17, 15) is 0 Å². The van der Waals surface area contributed by atoms with E-state index in [1.807, 2.05) is 31.1 Å². The van der Waals surface area contributed by atoms with Gasteiger partial charge in [0.15, 0.2) is 0 Å². The van der Waals surface area contributed by atoms with Gasteiger partial charge < -0.3 is 9.88 Å². The van der Waals surface area contributed by atoms with Gasteiger partial charge in [-0.2, -0.15) is 11.8 Å². The third-order valence-corrected chi connectivity index (χ3v) is 3.64. The van der Waals surface area contributed by atoms with Gasteiger partial charge in [-0.05, 0) is 30.5 Å². The lowest BCUT2D eigenvalue weighted by Crippen LogP contribution is -2.04. The smallest absolute Gasteiger partial charge is 0.140 e. The molecule has 17 heavy (non-hydrogen) atoms. The van der Waals surface area contributed by atoms with Crippen molar-refractivity contribution < 1.29 is 0 Å². The molecule has 0 atom stereocenters. The highest BCUT2D eigenvalue weighted by Crippen LogP contribution is 2.19. The number of rotatable bonds is 6. The van der Waals surface area contributed by atoms with E-state index in [4.69, 9.17) is 0 Å². The van der Waals surface area contributed by atoms with Gasteiger partial charge in [-0.25, -0.2) is 4.98 Å². The van der Waals surface area contributed by atoms with Crippen LogP contribution in [-0.2, 0) is 13.1 Å². The van der Waals surface area contributed by atoms with Crippen molar-refractivity contribution in [2.75, 3.05) is 18.6 Å². The van der Waals surface area contributed by atoms with Crippen molar-refractivity contribution in [3.8, 4) is 0 Å². The summed E-state index contributed by atoms with van der Waals surface area (Å²) in [6.45, 7) is 4.13. The third-order valence-electron chi connectivity index (χ3n) is 2.76. The first kappa shape index (κ1) is 12.5. The fraction of sp³-hybridized carbons (Fsp3) is 0.462. The largest absolute Gasteiger partial charge is 0.331 e. The van der Waals surface area contributed by atoms with E-state index in [1.54, 1.807) is 0 Å². The highest BCUT2D eigenvalue weighted by Gasteiger charge is 2.07. The number of nitrogens with one attached hydrogen (secondary N) is 1. The lowest BCUT2D eigenvalue weighted by Gasteiger charge is -2.02. The molecule has 0 unspecified atom stereocenters. The lowest BCUT2D eigenvalue weighted by atomic mass is 10.2. The molecule has 2 aromatic heterocycles. The number of hydrogen-bond donors (Lipinski definition) is 1. The summed E-state index contributed by atoms with van der Waals surface area (Å²) in [5.74, 6) is 2.33. The number of hydrogen-bond acceptors (Lipinski definition) is 3. The fourth-order valence-corrected chi connectivity index (χ4v) is 2.62. The number of nitrogens with zero attached hydrogens (tertiary/aromatic N) is 2. The molecule has 0 aliphatic rings. The van der Waals surface area contributed by atoms with Crippen molar-refractivity contribution in [1.29, 1.82) is 0 Å². The Hall–Kier alpha value is -1.00. The van der Waals surface area contributed by atoms with Crippen LogP contribution in [0.15, 0.2) is 24.5 Å². The first-order chi connectivity index (χ1) is 8.36. The molecular formula is C13H19N3S. The summed E-state index contributed by atoms with van der Waals surface area (Å²) < 4.78 is 2.27. The van der Waals surface area contributed by atoms with Crippen molar-refractivity contribution in [1.82, 2.24) is 14.9 Å². The second-order valence-electron chi connectivity index (χ2n) is 3.95. The van der Waals surface area contributed by atoms with E-state index in [1.165, 1.54) is 16.7 Å². The zero-order valence-electron chi connectivity index (χ0n) is 10.4. The molecule has 0 bridgehead atoms. The maximum absolute atomic E-state index is 4.49. The fourth-order valence-electron chi connectivity index (χ4n) is 2.00. The summed E-state index contributed by atoms with van der Waals surface area (Å²) in [5, 5.41) is 4.48. The van der Waals surface area contributed by atoms with Gasteiger partial charge in [-0.1, -0.05) is 6.92 Å². The molecular weight excluding hydrogens is 230 g/mol. The van der Waals surface area contributed by atoms with E-state index < -0.39 is 0 Å². The van der Waals surface area contributed by atoms with Gasteiger partial charge in [0.1, 0.15) is 5.65 Å². The monoisotopic (exact) mass is 249 g/mol. The first-order valence-corrected chi connectivity index (χ1v) is 7.17. The van der Waals surface area contributed by atoms with Crippen LogP contribution in [0.25, 0.3) is 11.0 Å². The van der Waals surface area contributed by atoms with Crippen LogP contribution in [0, 0.1) is 0 Å². The van der Waals surface area contributed by atoms with E-state index >= 15 is 0 Å². The summed E-state index contributed by atoms with van der Waals surface area (Å²) >= 11 is 1.97. The van der Waals surface area contributed by atoms with Gasteiger partial charge in [0, 0.05) is 36.6 Å². The molecule has 0 fully saturated rings. The Bertz CT molecular complexity index is 478. The number of thioether (sulfide) groups is 1. The summed E-state index contributed by atoms with van der Waals surface area (Å²) in [5.41, 5.74) is 2.44. The predicted molar refractivity (Wildman–Crippen MR) is 75.5 cm³/mol. The summed E-state index contributed by atoms with van der Waals surface area (Å²) in [4.78, 5) is 4.49. The minimum absolute atomic E-state index is 0.899. The molecule has 1 N–H and O–H groups in total. The molecule has 0 spiro atoms. The van der Waals surface area contributed by atoms with Crippen molar-refractivity contribution in [2.24, 2.45) is 0 Å². The van der Waals surface area contributed by atoms with Gasteiger partial charge in [-0.15, -0.1) is 0 Å². The molecule has 2 rings (SSSR count). The van der Waals surface area contributed by atoms with Crippen molar-refractivity contribution >= 4 is 22.8 Å². The number of aromatic nitrogens is 2. The van der Waals surface area contributed by atoms with Crippen molar-refractivity contribution in [3.05, 3.63) is 30.1 Å². The topological polar surface area (TPSA) is 29.9 Å². The molecule has 0 aliphatic carbocycles. The molecule has 3 nitrogen and oxygen atoms in total. The van der Waals surface area contributed by atoms with Gasteiger partial charge in [0.25, 0.3) is 0 Å². The summed E-state index contributed by atoms with van der Waals surface area (Å²) in [6.07, 6.45) is 4.10. The number of fused-ring (bicyclic) bond motifs is 1. The molecule has 0 saturated heterocycles. The van der Waals surface area contributed by atoms with Crippen LogP contribution in [0.3, 0.4) is 0 Å². The number of pyridine rings is 1. The molecule has 92 valence electrons. The van der Waals surface area contributed by atoms with Crippen molar-refractivity contribution in [3.63, 3.8) is 0 Å². The third kappa shape index (κ3) is 2.82. The standard InChI is InChI=1S/C13H19N3S/c1-3-17-8-7-16-10-11(9-14-2)12-5-4-6-15-13(12)16/h4-6,10,14H,3,7-9H2,1-2H3. The Balaban J connectivity index is 2.28. The Kier molecular flexibility index (Phi) is 4.45. The average Bonchev–Trinajstić information content (AvgIpc) is 2.70. The lowest BCUT2D eigenvalue weighted by molar-refractivity contribution is 0.775. The maximum Gasteiger partial charge on any atom is 0.140 e. The van der Waals surface area contributed by atoms with E-state index in [-0.39, 0.29) is 0 Å². The van der Waals surface area contributed by atoms with Crippen LogP contribution in [0.1, 0.15) is 12.5 Å². The Morgan fingerprint density at radius 1 is 1.47 bits per heavy atom. The van der Waals surface area contributed by atoms with Gasteiger partial charge in [0.2, 0.25) is 0 Å². The molecule has 4 heteroatoms. The molecule has 0 radical (unpaired) electrons. The minimum Gasteiger partial charge on any atom is -0.331 e. The normalized spacial score (nSPS) is 11.2. The Labute approximate surface area is 107 Å². The first-order valence-electron chi connectivity index (χ1n) is 6.02. The molecule has 0 aliphatic heterocycles. The molecule has 2 aromatic rings. The van der Waals surface area contributed by atoms with E-state index in [2.05, 4.69) is 34.1 Å². The average molecular weight is 249 g/mol. The molecule has 0 saturated carbocycles. The minimum atomic E-state index is 0.899.